The Kier molecular flexibility index (Phi) is 5.74. The lowest BCUT2D eigenvalue weighted by Crippen LogP contribution is -2.39. The smallest absolute Gasteiger partial charge is 0.338 e. The lowest BCUT2D eigenvalue weighted by molar-refractivity contribution is -0.136. The van der Waals surface area contributed by atoms with Gasteiger partial charge in [-0.15, -0.1) is 0 Å². The van der Waals surface area contributed by atoms with Crippen LogP contribution in [0.2, 0.25) is 0 Å². The second kappa shape index (κ2) is 8.47. The summed E-state index contributed by atoms with van der Waals surface area (Å²) in [6, 6.07) is 17.2. The molecule has 1 aromatic heterocycles. The van der Waals surface area contributed by atoms with E-state index in [0.717, 1.165) is 11.1 Å². The number of carbonyl (C=O) groups excluding carboxylic acids is 1. The standard InChI is InChI=1S/C25H24N2O3S/c1-15(2)18-12-10-17(11-13-18)14-20-23(28)27-22(19-8-6-5-7-9-19)21(24(29)30-4)16(3)26-25(27)31-20/h5-15,22H,1-4H3/b20-14+/t22-/m0/s1. The van der Waals surface area contributed by atoms with Crippen molar-refractivity contribution >= 4 is 23.4 Å². The summed E-state index contributed by atoms with van der Waals surface area (Å²) in [6.07, 6.45) is 1.88. The average molecular weight is 433 g/mol. The number of esters is 1. The summed E-state index contributed by atoms with van der Waals surface area (Å²) in [5.74, 6) is -0.0291. The third kappa shape index (κ3) is 3.91. The molecule has 2 heterocycles. The van der Waals surface area contributed by atoms with Crippen LogP contribution in [0.1, 0.15) is 49.4 Å². The van der Waals surface area contributed by atoms with Crippen molar-refractivity contribution in [3.05, 3.63) is 102 Å². The molecular formula is C25H24N2O3S. The first-order valence-corrected chi connectivity index (χ1v) is 11.0. The fourth-order valence-electron chi connectivity index (χ4n) is 3.77. The fraction of sp³-hybridized carbons (Fsp3) is 0.240. The van der Waals surface area contributed by atoms with Crippen LogP contribution in [0.3, 0.4) is 0 Å². The Labute approximate surface area is 184 Å². The maximum atomic E-state index is 13.4. The number of nitrogens with zero attached hydrogens (tertiary/aromatic N) is 2. The number of thiazole rings is 1. The molecule has 0 amide bonds. The van der Waals surface area contributed by atoms with E-state index in [9.17, 15) is 9.59 Å². The molecular weight excluding hydrogens is 408 g/mol. The van der Waals surface area contributed by atoms with Crippen LogP contribution < -0.4 is 14.9 Å². The summed E-state index contributed by atoms with van der Waals surface area (Å²) in [5, 5.41) is 0. The largest absolute Gasteiger partial charge is 0.466 e. The maximum absolute atomic E-state index is 13.4. The molecule has 0 aliphatic carbocycles. The summed E-state index contributed by atoms with van der Waals surface area (Å²) in [6.45, 7) is 6.08. The monoisotopic (exact) mass is 432 g/mol. The predicted molar refractivity (Wildman–Crippen MR) is 123 cm³/mol. The Morgan fingerprint density at radius 1 is 1.13 bits per heavy atom. The Morgan fingerprint density at radius 2 is 1.81 bits per heavy atom. The third-order valence-corrected chi connectivity index (χ3v) is 6.43. The highest BCUT2D eigenvalue weighted by Gasteiger charge is 2.32. The van der Waals surface area contributed by atoms with E-state index in [4.69, 9.17) is 4.74 Å². The molecule has 3 aromatic rings. The van der Waals surface area contributed by atoms with Gasteiger partial charge in [0.05, 0.1) is 29.0 Å². The number of benzene rings is 2. The summed E-state index contributed by atoms with van der Waals surface area (Å²) < 4.78 is 7.21. The number of carbonyl (C=O) groups is 1. The van der Waals surface area contributed by atoms with E-state index >= 15 is 0 Å². The van der Waals surface area contributed by atoms with Crippen LogP contribution in [0.25, 0.3) is 6.08 Å². The van der Waals surface area contributed by atoms with Crippen LogP contribution in [0.4, 0.5) is 0 Å². The Balaban J connectivity index is 1.91. The second-order valence-corrected chi connectivity index (χ2v) is 8.81. The number of fused-ring (bicyclic) bond motifs is 1. The quantitative estimate of drug-likeness (QED) is 0.593. The number of rotatable bonds is 4. The molecule has 2 aromatic carbocycles. The number of ether oxygens (including phenoxy) is 1. The number of hydrogen-bond donors (Lipinski definition) is 0. The number of methoxy groups -OCH3 is 1. The Bertz CT molecular complexity index is 1330. The average Bonchev–Trinajstić information content (AvgIpc) is 3.07. The van der Waals surface area contributed by atoms with Gasteiger partial charge in [0, 0.05) is 0 Å². The van der Waals surface area contributed by atoms with Gasteiger partial charge >= 0.3 is 5.97 Å². The van der Waals surface area contributed by atoms with Gasteiger partial charge in [0.15, 0.2) is 4.80 Å². The van der Waals surface area contributed by atoms with E-state index in [0.29, 0.717) is 26.5 Å². The van der Waals surface area contributed by atoms with Crippen LogP contribution >= 0.6 is 11.3 Å². The van der Waals surface area contributed by atoms with E-state index in [1.807, 2.05) is 48.5 Å². The first-order chi connectivity index (χ1) is 14.9. The van der Waals surface area contributed by atoms with Gasteiger partial charge in [-0.05, 0) is 35.6 Å². The van der Waals surface area contributed by atoms with Crippen molar-refractivity contribution in [2.45, 2.75) is 32.7 Å². The Hall–Kier alpha value is -3.25. The van der Waals surface area contributed by atoms with Gasteiger partial charge in [-0.3, -0.25) is 9.36 Å². The van der Waals surface area contributed by atoms with E-state index < -0.39 is 12.0 Å². The molecule has 0 bridgehead atoms. The van der Waals surface area contributed by atoms with Gasteiger partial charge in [-0.1, -0.05) is 79.8 Å². The van der Waals surface area contributed by atoms with Gasteiger partial charge in [0.25, 0.3) is 5.56 Å². The molecule has 0 saturated heterocycles. The second-order valence-electron chi connectivity index (χ2n) is 7.81. The molecule has 0 fully saturated rings. The molecule has 6 heteroatoms. The van der Waals surface area contributed by atoms with Gasteiger partial charge < -0.3 is 4.74 Å². The highest BCUT2D eigenvalue weighted by molar-refractivity contribution is 7.07. The molecule has 31 heavy (non-hydrogen) atoms. The number of hydrogen-bond acceptors (Lipinski definition) is 5. The molecule has 1 atom stereocenters. The predicted octanol–water partition coefficient (Wildman–Crippen LogP) is 3.53. The summed E-state index contributed by atoms with van der Waals surface area (Å²) in [4.78, 5) is 31.2. The zero-order chi connectivity index (χ0) is 22.1. The molecule has 0 unspecified atom stereocenters. The topological polar surface area (TPSA) is 60.7 Å². The minimum absolute atomic E-state index is 0.167. The van der Waals surface area contributed by atoms with Crippen LogP contribution in [0.5, 0.6) is 0 Å². The number of allylic oxidation sites excluding steroid dienone is 1. The minimum Gasteiger partial charge on any atom is -0.466 e. The van der Waals surface area contributed by atoms with Gasteiger partial charge in [-0.2, -0.15) is 0 Å². The van der Waals surface area contributed by atoms with Crippen molar-refractivity contribution < 1.29 is 9.53 Å². The van der Waals surface area contributed by atoms with E-state index in [2.05, 4.69) is 31.0 Å². The van der Waals surface area contributed by atoms with Crippen LogP contribution in [0, 0.1) is 0 Å². The summed E-state index contributed by atoms with van der Waals surface area (Å²) in [5.41, 5.74) is 3.82. The van der Waals surface area contributed by atoms with Crippen LogP contribution in [-0.2, 0) is 9.53 Å². The van der Waals surface area contributed by atoms with Gasteiger partial charge in [-0.25, -0.2) is 9.79 Å². The van der Waals surface area contributed by atoms with Crippen molar-refractivity contribution in [1.29, 1.82) is 0 Å². The molecule has 0 radical (unpaired) electrons. The van der Waals surface area contributed by atoms with E-state index in [1.54, 1.807) is 11.5 Å². The molecule has 0 N–H and O–H groups in total. The molecule has 4 rings (SSSR count). The van der Waals surface area contributed by atoms with Crippen molar-refractivity contribution in [3.63, 3.8) is 0 Å². The van der Waals surface area contributed by atoms with Gasteiger partial charge in [0.2, 0.25) is 0 Å². The fourth-order valence-corrected chi connectivity index (χ4v) is 4.82. The first kappa shape index (κ1) is 21.0. The zero-order valence-corrected chi connectivity index (χ0v) is 18.8. The van der Waals surface area contributed by atoms with E-state index in [-0.39, 0.29) is 5.56 Å². The lowest BCUT2D eigenvalue weighted by Gasteiger charge is -2.24. The Morgan fingerprint density at radius 3 is 2.42 bits per heavy atom. The normalized spacial score (nSPS) is 16.3. The molecule has 0 spiro atoms. The summed E-state index contributed by atoms with van der Waals surface area (Å²) in [7, 11) is 1.34. The van der Waals surface area contributed by atoms with Gasteiger partial charge in [0.1, 0.15) is 0 Å². The van der Waals surface area contributed by atoms with Crippen LogP contribution in [0.15, 0.2) is 75.7 Å². The SMILES string of the molecule is COC(=O)C1=C(C)N=c2s/c(=C/c3ccc(C(C)C)cc3)c(=O)n2[C@H]1c1ccccc1. The molecule has 1 aliphatic rings. The molecule has 1 aliphatic heterocycles. The third-order valence-electron chi connectivity index (χ3n) is 5.44. The van der Waals surface area contributed by atoms with Crippen molar-refractivity contribution in [1.82, 2.24) is 4.57 Å². The minimum atomic E-state index is -0.574. The molecule has 5 nitrogen and oxygen atoms in total. The molecule has 158 valence electrons. The zero-order valence-electron chi connectivity index (χ0n) is 18.0. The van der Waals surface area contributed by atoms with Crippen LogP contribution in [-0.4, -0.2) is 17.6 Å². The highest BCUT2D eigenvalue weighted by Crippen LogP contribution is 2.30. The first-order valence-electron chi connectivity index (χ1n) is 10.2. The van der Waals surface area contributed by atoms with Crippen molar-refractivity contribution in [3.8, 4) is 0 Å². The van der Waals surface area contributed by atoms with E-state index in [1.165, 1.54) is 24.0 Å². The summed E-state index contributed by atoms with van der Waals surface area (Å²) >= 11 is 1.33. The highest BCUT2D eigenvalue weighted by atomic mass is 32.1. The molecule has 0 saturated carbocycles. The maximum Gasteiger partial charge on any atom is 0.338 e. The number of aromatic nitrogens is 1. The lowest BCUT2D eigenvalue weighted by atomic mass is 9.96. The van der Waals surface area contributed by atoms with Crippen molar-refractivity contribution in [2.75, 3.05) is 7.11 Å². The van der Waals surface area contributed by atoms with Crippen molar-refractivity contribution in [2.24, 2.45) is 4.99 Å².